The highest BCUT2D eigenvalue weighted by atomic mass is 35.5. The van der Waals surface area contributed by atoms with Crippen LogP contribution in [0.1, 0.15) is 31.0 Å². The van der Waals surface area contributed by atoms with Crippen molar-refractivity contribution in [2.75, 3.05) is 31.7 Å². The summed E-state index contributed by atoms with van der Waals surface area (Å²) in [6.07, 6.45) is 5.81. The Bertz CT molecular complexity index is 1210. The molecule has 1 atom stereocenters. The van der Waals surface area contributed by atoms with E-state index in [0.29, 0.717) is 10.9 Å². The van der Waals surface area contributed by atoms with Crippen LogP contribution < -0.4 is 10.4 Å². The van der Waals surface area contributed by atoms with Gasteiger partial charge in [-0.1, -0.05) is 61.0 Å². The van der Waals surface area contributed by atoms with E-state index < -0.39 is 0 Å². The highest BCUT2D eigenvalue weighted by Gasteiger charge is 2.25. The van der Waals surface area contributed by atoms with Crippen molar-refractivity contribution in [1.82, 2.24) is 15.3 Å². The minimum absolute atomic E-state index is 0.311. The van der Waals surface area contributed by atoms with Gasteiger partial charge in [0.15, 0.2) is 0 Å². The first-order chi connectivity index (χ1) is 17.0. The van der Waals surface area contributed by atoms with Gasteiger partial charge in [0.1, 0.15) is 5.84 Å². The third-order valence-electron chi connectivity index (χ3n) is 6.64. The molecule has 0 radical (unpaired) electrons. The number of nitrogens with one attached hydrogen (secondary N) is 1. The van der Waals surface area contributed by atoms with Crippen molar-refractivity contribution in [2.24, 2.45) is 10.9 Å². The van der Waals surface area contributed by atoms with E-state index in [-0.39, 0.29) is 0 Å². The largest absolute Gasteiger partial charge is 0.302 e. The van der Waals surface area contributed by atoms with Crippen LogP contribution in [-0.4, -0.2) is 42.4 Å². The van der Waals surface area contributed by atoms with Crippen molar-refractivity contribution in [3.63, 3.8) is 0 Å². The summed E-state index contributed by atoms with van der Waals surface area (Å²) in [7, 11) is 1.85. The van der Waals surface area contributed by atoms with Crippen molar-refractivity contribution in [3.05, 3.63) is 82.6 Å². The lowest BCUT2D eigenvalue weighted by molar-refractivity contribution is 0.205. The van der Waals surface area contributed by atoms with Gasteiger partial charge in [0.05, 0.1) is 11.2 Å². The normalized spacial score (nSPS) is 16.9. The van der Waals surface area contributed by atoms with Crippen molar-refractivity contribution < 1.29 is 0 Å². The SMILES string of the molecule is C=CN(NC(=NC)C1CCCN(CCc2ccc(Cl)cc2Cl)C1)c1cccc2ccc(CC)nc12. The zero-order valence-electron chi connectivity index (χ0n) is 20.5. The van der Waals surface area contributed by atoms with Gasteiger partial charge < -0.3 is 4.90 Å². The number of likely N-dealkylation sites (tertiary alicyclic amines) is 1. The fraction of sp³-hybridized carbons (Fsp3) is 0.357. The summed E-state index contributed by atoms with van der Waals surface area (Å²) in [5.74, 6) is 1.27. The number of rotatable bonds is 8. The van der Waals surface area contributed by atoms with Crippen molar-refractivity contribution >= 4 is 45.6 Å². The molecule has 4 rings (SSSR count). The summed E-state index contributed by atoms with van der Waals surface area (Å²) in [6, 6.07) is 16.2. The lowest BCUT2D eigenvalue weighted by Crippen LogP contribution is -2.48. The number of aromatic nitrogens is 1. The summed E-state index contributed by atoms with van der Waals surface area (Å²) in [4.78, 5) is 12.0. The molecule has 0 saturated carbocycles. The number of aryl methyl sites for hydroxylation is 1. The first-order valence-corrected chi connectivity index (χ1v) is 13.0. The van der Waals surface area contributed by atoms with Crippen LogP contribution in [0.2, 0.25) is 10.0 Å². The fourth-order valence-electron chi connectivity index (χ4n) is 4.70. The molecule has 1 aromatic heterocycles. The molecule has 1 saturated heterocycles. The van der Waals surface area contributed by atoms with Crippen molar-refractivity contribution in [3.8, 4) is 0 Å². The molecule has 1 N–H and O–H groups in total. The molecule has 0 amide bonds. The fourth-order valence-corrected chi connectivity index (χ4v) is 5.20. The average molecular weight is 511 g/mol. The second-order valence-corrected chi connectivity index (χ2v) is 9.75. The number of hydrogen-bond acceptors (Lipinski definition) is 4. The molecule has 7 heteroatoms. The number of fused-ring (bicyclic) bond motifs is 1. The highest BCUT2D eigenvalue weighted by Crippen LogP contribution is 2.26. The molecular formula is C28H33Cl2N5. The Balaban J connectivity index is 1.46. The summed E-state index contributed by atoms with van der Waals surface area (Å²) in [5, 5.41) is 4.46. The monoisotopic (exact) mass is 509 g/mol. The third-order valence-corrected chi connectivity index (χ3v) is 7.23. The summed E-state index contributed by atoms with van der Waals surface area (Å²) in [6.45, 7) is 9.16. The molecule has 1 aliphatic heterocycles. The maximum Gasteiger partial charge on any atom is 0.119 e. The van der Waals surface area contributed by atoms with Gasteiger partial charge in [-0.25, -0.2) is 0 Å². The van der Waals surface area contributed by atoms with Crippen molar-refractivity contribution in [1.29, 1.82) is 0 Å². The molecule has 1 unspecified atom stereocenters. The second-order valence-electron chi connectivity index (χ2n) is 8.90. The Hall–Kier alpha value is -2.60. The van der Waals surface area contributed by atoms with E-state index in [4.69, 9.17) is 28.2 Å². The maximum absolute atomic E-state index is 6.39. The lowest BCUT2D eigenvalue weighted by Gasteiger charge is -2.35. The Labute approximate surface area is 218 Å². The lowest BCUT2D eigenvalue weighted by atomic mass is 9.96. The van der Waals surface area contributed by atoms with Crippen molar-refractivity contribution in [2.45, 2.75) is 32.6 Å². The van der Waals surface area contributed by atoms with E-state index in [1.54, 1.807) is 6.20 Å². The average Bonchev–Trinajstić information content (AvgIpc) is 2.88. The van der Waals surface area contributed by atoms with Crippen LogP contribution in [0.25, 0.3) is 10.9 Å². The molecule has 2 heterocycles. The first-order valence-electron chi connectivity index (χ1n) is 12.2. The first kappa shape index (κ1) is 25.5. The molecule has 1 fully saturated rings. The van der Waals surface area contributed by atoms with Gasteiger partial charge in [-0.15, -0.1) is 0 Å². The second kappa shape index (κ2) is 11.9. The number of hydrogen-bond donors (Lipinski definition) is 1. The molecule has 2 aromatic carbocycles. The number of benzene rings is 2. The summed E-state index contributed by atoms with van der Waals surface area (Å²) in [5.41, 5.74) is 7.68. The van der Waals surface area contributed by atoms with E-state index in [9.17, 15) is 0 Å². The van der Waals surface area contributed by atoms with Crippen LogP contribution in [0.5, 0.6) is 0 Å². The van der Waals surface area contributed by atoms with Crippen LogP contribution in [0, 0.1) is 5.92 Å². The number of hydrazine groups is 1. The quantitative estimate of drug-likeness (QED) is 0.212. The Morgan fingerprint density at radius 3 is 2.86 bits per heavy atom. The molecule has 0 bridgehead atoms. The highest BCUT2D eigenvalue weighted by molar-refractivity contribution is 6.35. The number of pyridine rings is 1. The number of nitrogens with zero attached hydrogens (tertiary/aromatic N) is 4. The molecule has 35 heavy (non-hydrogen) atoms. The summed E-state index contributed by atoms with van der Waals surface area (Å²) >= 11 is 12.4. The standard InChI is InChI=1S/C28H33Cl2N5/c1-4-24-14-12-21-8-6-10-26(27(21)32-24)35(5-2)33-28(31-3)22-9-7-16-34(19-22)17-15-20-11-13-23(29)18-25(20)30/h5-6,8,10-14,18,22H,2,4,7,9,15-17,19H2,1,3H3,(H,31,33). The molecule has 184 valence electrons. The molecule has 0 aliphatic carbocycles. The van der Waals surface area contributed by atoms with Crippen LogP contribution in [0.4, 0.5) is 5.69 Å². The number of anilines is 1. The predicted octanol–water partition coefficient (Wildman–Crippen LogP) is 6.54. The zero-order valence-corrected chi connectivity index (χ0v) is 22.0. The topological polar surface area (TPSA) is 43.8 Å². The van der Waals surface area contributed by atoms with E-state index in [0.717, 1.165) is 84.0 Å². The zero-order chi connectivity index (χ0) is 24.8. The molecule has 0 spiro atoms. The van der Waals surface area contributed by atoms with Gasteiger partial charge >= 0.3 is 0 Å². The molecule has 5 nitrogen and oxygen atoms in total. The number of aliphatic imine (C=N–C) groups is 1. The van der Waals surface area contributed by atoms with Gasteiger partial charge in [-0.05, 0) is 62.1 Å². The van der Waals surface area contributed by atoms with Crippen LogP contribution in [0.3, 0.4) is 0 Å². The van der Waals surface area contributed by atoms with Gasteiger partial charge in [0.2, 0.25) is 0 Å². The minimum atomic E-state index is 0.311. The third kappa shape index (κ3) is 6.16. The molecule has 1 aliphatic rings. The van der Waals surface area contributed by atoms with Crippen LogP contribution in [0.15, 0.2) is 66.3 Å². The maximum atomic E-state index is 6.39. The smallest absolute Gasteiger partial charge is 0.119 e. The van der Waals surface area contributed by atoms with E-state index in [2.05, 4.69) is 59.2 Å². The van der Waals surface area contributed by atoms with E-state index in [1.165, 1.54) is 0 Å². The Morgan fingerprint density at radius 2 is 2.11 bits per heavy atom. The van der Waals surface area contributed by atoms with E-state index in [1.807, 2.05) is 30.3 Å². The van der Waals surface area contributed by atoms with Crippen LogP contribution >= 0.6 is 23.2 Å². The molecule has 3 aromatic rings. The minimum Gasteiger partial charge on any atom is -0.302 e. The van der Waals surface area contributed by atoms with Gasteiger partial charge in [0, 0.05) is 53.4 Å². The number of para-hydroxylation sites is 1. The van der Waals surface area contributed by atoms with Gasteiger partial charge in [-0.2, -0.15) is 0 Å². The summed E-state index contributed by atoms with van der Waals surface area (Å²) < 4.78 is 0. The number of halogens is 2. The Morgan fingerprint density at radius 1 is 1.26 bits per heavy atom. The van der Waals surface area contributed by atoms with Gasteiger partial charge in [0.25, 0.3) is 0 Å². The predicted molar refractivity (Wildman–Crippen MR) is 150 cm³/mol. The molecular weight excluding hydrogens is 477 g/mol. The number of piperidine rings is 1. The van der Waals surface area contributed by atoms with E-state index >= 15 is 0 Å². The van der Waals surface area contributed by atoms with Gasteiger partial charge in [-0.3, -0.25) is 20.4 Å². The number of amidine groups is 1. The Kier molecular flexibility index (Phi) is 8.66. The van der Waals surface area contributed by atoms with Crippen LogP contribution in [-0.2, 0) is 12.8 Å².